The van der Waals surface area contributed by atoms with Gasteiger partial charge < -0.3 is 39.7 Å². The van der Waals surface area contributed by atoms with Crippen LogP contribution < -0.4 is 4.74 Å². The molecule has 2 aliphatic rings. The molecule has 1 aliphatic heterocycles. The number of aryl methyl sites for hydroxylation is 1. The van der Waals surface area contributed by atoms with E-state index in [9.17, 15) is 33.9 Å². The van der Waals surface area contributed by atoms with Crippen LogP contribution in [0.25, 0.3) is 6.08 Å². The Morgan fingerprint density at radius 2 is 1.53 bits per heavy atom. The minimum atomic E-state index is -1.10. The van der Waals surface area contributed by atoms with E-state index in [2.05, 4.69) is 4.74 Å². The molecule has 0 saturated heterocycles. The molecular formula is C43H48O14. The maximum atomic E-state index is 11.8. The van der Waals surface area contributed by atoms with Crippen molar-refractivity contribution < 1.29 is 68.5 Å². The van der Waals surface area contributed by atoms with E-state index in [0.717, 1.165) is 17.2 Å². The van der Waals surface area contributed by atoms with Crippen molar-refractivity contribution in [2.45, 2.75) is 71.0 Å². The average Bonchev–Trinajstić information content (AvgIpc) is 3.58. The van der Waals surface area contributed by atoms with Crippen LogP contribution in [-0.2, 0) is 34.1 Å². The quantitative estimate of drug-likeness (QED) is 0.0821. The Kier molecular flexibility index (Phi) is 18.1. The first kappa shape index (κ1) is 46.6. The Hall–Kier alpha value is -6.54. The molecule has 2 atom stereocenters. The topological polar surface area (TPSA) is 231 Å². The van der Waals surface area contributed by atoms with Gasteiger partial charge in [0, 0.05) is 29.2 Å². The molecule has 14 heteroatoms. The minimum Gasteiger partial charge on any atom is -0.507 e. The van der Waals surface area contributed by atoms with Crippen molar-refractivity contribution in [2.75, 3.05) is 14.2 Å². The number of carboxylic acid groups (broad SMARTS) is 4. The Bertz CT molecular complexity index is 2000. The van der Waals surface area contributed by atoms with Gasteiger partial charge in [-0.25, -0.2) is 14.4 Å². The number of Topliss-reactive ketones (excluding diaryl/α,β-unsaturated/α-hetero) is 1. The number of rotatable bonds is 9. The molecule has 2 unspecified atom stereocenters. The van der Waals surface area contributed by atoms with E-state index in [1.54, 1.807) is 24.3 Å². The van der Waals surface area contributed by atoms with Crippen molar-refractivity contribution >= 4 is 41.7 Å². The summed E-state index contributed by atoms with van der Waals surface area (Å²) in [6.45, 7) is 7.63. The van der Waals surface area contributed by atoms with Crippen LogP contribution in [0.5, 0.6) is 11.5 Å². The lowest BCUT2D eigenvalue weighted by Crippen LogP contribution is -2.13. The lowest BCUT2D eigenvalue weighted by atomic mass is 9.84. The molecule has 304 valence electrons. The predicted molar refractivity (Wildman–Crippen MR) is 210 cm³/mol. The molecule has 0 amide bonds. The van der Waals surface area contributed by atoms with Crippen LogP contribution in [0.2, 0.25) is 0 Å². The molecule has 0 aromatic heterocycles. The summed E-state index contributed by atoms with van der Waals surface area (Å²) < 4.78 is 14.9. The maximum absolute atomic E-state index is 11.8. The molecular weight excluding hydrogens is 740 g/mol. The number of carboxylic acids is 4. The van der Waals surface area contributed by atoms with E-state index in [4.69, 9.17) is 29.9 Å². The van der Waals surface area contributed by atoms with Gasteiger partial charge in [-0.05, 0) is 71.9 Å². The number of esters is 1. The van der Waals surface area contributed by atoms with Gasteiger partial charge in [0.05, 0.1) is 33.2 Å². The highest BCUT2D eigenvalue weighted by Gasteiger charge is 2.23. The van der Waals surface area contributed by atoms with Gasteiger partial charge in [-0.2, -0.15) is 0 Å². The predicted octanol–water partition coefficient (Wildman–Crippen LogP) is 7.18. The van der Waals surface area contributed by atoms with Gasteiger partial charge in [0.15, 0.2) is 5.78 Å². The number of ether oxygens (including phenoxy) is 3. The van der Waals surface area contributed by atoms with Gasteiger partial charge in [0.1, 0.15) is 23.2 Å². The number of fused-ring (bicyclic) bond motifs is 1. The van der Waals surface area contributed by atoms with Gasteiger partial charge >= 0.3 is 29.8 Å². The van der Waals surface area contributed by atoms with Gasteiger partial charge in [0.2, 0.25) is 0 Å². The molecule has 0 spiro atoms. The second-order valence-electron chi connectivity index (χ2n) is 13.6. The molecule has 3 aromatic rings. The SMILES string of the molecule is COC(=O)CCC(=O)O.COc1ccc2c(c1)C=C(C(=O)O)CCC2=O.Cc1cc(C(=O)O)c(O)c(C(C)(C)C)c1.O=C(O)C=CC1C=CC(c2ccccc2)O1. The smallest absolute Gasteiger partial charge is 0.339 e. The summed E-state index contributed by atoms with van der Waals surface area (Å²) in [4.78, 5) is 64.1. The Balaban J connectivity index is 0.000000268. The zero-order valence-electron chi connectivity index (χ0n) is 32.6. The number of carbonyl (C=O) groups is 6. The second-order valence-corrected chi connectivity index (χ2v) is 13.6. The van der Waals surface area contributed by atoms with Crippen molar-refractivity contribution in [1.82, 2.24) is 0 Å². The lowest BCUT2D eigenvalue weighted by molar-refractivity contribution is -0.145. The molecule has 0 saturated carbocycles. The van der Waals surface area contributed by atoms with Crippen molar-refractivity contribution in [2.24, 2.45) is 0 Å². The van der Waals surface area contributed by atoms with Gasteiger partial charge in [-0.3, -0.25) is 14.4 Å². The monoisotopic (exact) mass is 788 g/mol. The summed E-state index contributed by atoms with van der Waals surface area (Å²) in [6.07, 6.45) is 7.94. The van der Waals surface area contributed by atoms with Crippen molar-refractivity contribution in [3.05, 3.63) is 124 Å². The maximum Gasteiger partial charge on any atom is 0.339 e. The molecule has 5 N–H and O–H groups in total. The molecule has 0 fully saturated rings. The van der Waals surface area contributed by atoms with E-state index in [1.807, 2.05) is 76.2 Å². The fraction of sp³-hybridized carbons (Fsp3) is 0.302. The third-order valence-corrected chi connectivity index (χ3v) is 8.18. The highest BCUT2D eigenvalue weighted by Crippen LogP contribution is 2.34. The number of aliphatic carboxylic acids is 3. The summed E-state index contributed by atoms with van der Waals surface area (Å²) in [5.41, 5.74) is 3.72. The number of ketones is 1. The second kappa shape index (κ2) is 22.1. The highest BCUT2D eigenvalue weighted by atomic mass is 16.5. The van der Waals surface area contributed by atoms with Crippen LogP contribution in [0, 0.1) is 6.92 Å². The van der Waals surface area contributed by atoms with Crippen LogP contribution in [0.1, 0.15) is 95.5 Å². The molecule has 0 bridgehead atoms. The van der Waals surface area contributed by atoms with E-state index in [0.29, 0.717) is 22.4 Å². The van der Waals surface area contributed by atoms with E-state index < -0.39 is 29.8 Å². The minimum absolute atomic E-state index is 0.0278. The fourth-order valence-electron chi connectivity index (χ4n) is 5.27. The van der Waals surface area contributed by atoms with Crippen LogP contribution in [0.15, 0.2) is 90.5 Å². The Morgan fingerprint density at radius 1 is 0.860 bits per heavy atom. The van der Waals surface area contributed by atoms with E-state index in [-0.39, 0.29) is 66.0 Å². The van der Waals surface area contributed by atoms with E-state index >= 15 is 0 Å². The van der Waals surface area contributed by atoms with Crippen LogP contribution in [-0.4, -0.2) is 81.5 Å². The molecule has 1 heterocycles. The van der Waals surface area contributed by atoms with Crippen LogP contribution in [0.3, 0.4) is 0 Å². The molecule has 57 heavy (non-hydrogen) atoms. The normalized spacial score (nSPS) is 15.5. The van der Waals surface area contributed by atoms with Crippen LogP contribution in [0.4, 0.5) is 0 Å². The molecule has 1 aliphatic carbocycles. The average molecular weight is 789 g/mol. The molecule has 5 rings (SSSR count). The number of phenols is 1. The number of benzene rings is 3. The zero-order chi connectivity index (χ0) is 42.9. The highest BCUT2D eigenvalue weighted by molar-refractivity contribution is 6.04. The lowest BCUT2D eigenvalue weighted by Gasteiger charge is -2.21. The van der Waals surface area contributed by atoms with Gasteiger partial charge in [-0.1, -0.05) is 69.3 Å². The summed E-state index contributed by atoms with van der Waals surface area (Å²) in [6, 6.07) is 18.2. The zero-order valence-corrected chi connectivity index (χ0v) is 32.6. The third-order valence-electron chi connectivity index (χ3n) is 8.18. The summed E-state index contributed by atoms with van der Waals surface area (Å²) >= 11 is 0. The van der Waals surface area contributed by atoms with Gasteiger partial charge in [-0.15, -0.1) is 0 Å². The molecule has 14 nitrogen and oxygen atoms in total. The number of aromatic carboxylic acids is 1. The van der Waals surface area contributed by atoms with Crippen molar-refractivity contribution in [1.29, 1.82) is 0 Å². The van der Waals surface area contributed by atoms with Gasteiger partial charge in [0.25, 0.3) is 0 Å². The Morgan fingerprint density at radius 3 is 2.07 bits per heavy atom. The third kappa shape index (κ3) is 15.6. The number of hydrogen-bond donors (Lipinski definition) is 5. The first-order chi connectivity index (χ1) is 26.8. The van der Waals surface area contributed by atoms with Crippen molar-refractivity contribution in [3.63, 3.8) is 0 Å². The van der Waals surface area contributed by atoms with E-state index in [1.165, 1.54) is 26.4 Å². The number of carbonyl (C=O) groups excluding carboxylic acids is 2. The fourth-order valence-corrected chi connectivity index (χ4v) is 5.27. The van der Waals surface area contributed by atoms with Crippen LogP contribution >= 0.6 is 0 Å². The molecule has 0 radical (unpaired) electrons. The first-order valence-electron chi connectivity index (χ1n) is 17.6. The largest absolute Gasteiger partial charge is 0.507 e. The first-order valence-corrected chi connectivity index (χ1v) is 17.6. The Labute approximate surface area is 330 Å². The number of methoxy groups -OCH3 is 2. The summed E-state index contributed by atoms with van der Waals surface area (Å²) in [7, 11) is 2.76. The summed E-state index contributed by atoms with van der Waals surface area (Å²) in [5.74, 6) is -4.05. The number of hydrogen-bond acceptors (Lipinski definition) is 10. The van der Waals surface area contributed by atoms with Crippen molar-refractivity contribution in [3.8, 4) is 11.5 Å². The molecule has 3 aromatic carbocycles. The summed E-state index contributed by atoms with van der Waals surface area (Å²) in [5, 5.41) is 44.3. The standard InChI is InChI=1S/C13H12O4.C13H12O3.C12H16O3.C5H8O4/c1-17-10-3-4-11-9(7-10)6-8(13(15)16)2-5-12(11)14;14-13(15)9-7-11-6-8-12(16-11)10-4-2-1-3-5-10;1-7-5-8(11(14)15)10(13)9(6-7)12(2,3)4;1-9-5(8)3-2-4(6)7/h3-4,6-7H,2,5H2,1H3,(H,15,16);1-9,11-12H,(H,14,15);5-6,13H,1-4H3,(H,14,15);2-3H2,1H3,(H,6,7). The number of aromatic hydroxyl groups is 1.